The van der Waals surface area contributed by atoms with Crippen LogP contribution in [0.5, 0.6) is 0 Å². The lowest BCUT2D eigenvalue weighted by atomic mass is 10.1. The van der Waals surface area contributed by atoms with Gasteiger partial charge in [0.1, 0.15) is 0 Å². The van der Waals surface area contributed by atoms with Gasteiger partial charge in [-0.05, 0) is 16.3 Å². The molecule has 0 saturated carbocycles. The van der Waals surface area contributed by atoms with E-state index in [9.17, 15) is 0 Å². The Labute approximate surface area is 122 Å². The lowest BCUT2D eigenvalue weighted by Gasteiger charge is -2.06. The molecule has 4 nitrogen and oxygen atoms in total. The van der Waals surface area contributed by atoms with Gasteiger partial charge in [-0.25, -0.2) is 4.68 Å². The summed E-state index contributed by atoms with van der Waals surface area (Å²) in [6, 6.07) is 14.8. The predicted octanol–water partition coefficient (Wildman–Crippen LogP) is 3.00. The molecule has 3 rings (SSSR count). The first-order chi connectivity index (χ1) is 9.79. The molecule has 0 unspecified atom stereocenters. The zero-order valence-corrected chi connectivity index (χ0v) is 12.1. The molecule has 0 amide bonds. The van der Waals surface area contributed by atoms with Crippen molar-refractivity contribution >= 4 is 22.5 Å². The van der Waals surface area contributed by atoms with E-state index in [0.29, 0.717) is 0 Å². The van der Waals surface area contributed by atoms with Gasteiger partial charge in [-0.1, -0.05) is 61.2 Å². The normalized spacial score (nSPS) is 11.1. The monoisotopic (exact) mass is 284 g/mol. The molecule has 3 aromatic rings. The van der Waals surface area contributed by atoms with E-state index < -0.39 is 0 Å². The number of aromatic nitrogens is 3. The Bertz CT molecular complexity index is 730. The van der Waals surface area contributed by atoms with Crippen LogP contribution in [0.2, 0.25) is 0 Å². The molecule has 0 fully saturated rings. The number of aryl methyl sites for hydroxylation is 1. The third kappa shape index (κ3) is 2.36. The highest BCUT2D eigenvalue weighted by molar-refractivity contribution is 7.98. The van der Waals surface area contributed by atoms with E-state index in [2.05, 4.69) is 52.7 Å². The summed E-state index contributed by atoms with van der Waals surface area (Å²) in [4.78, 5) is 0. The van der Waals surface area contributed by atoms with E-state index >= 15 is 0 Å². The van der Waals surface area contributed by atoms with Gasteiger partial charge in [0.2, 0.25) is 5.16 Å². The van der Waals surface area contributed by atoms with Gasteiger partial charge in [0, 0.05) is 12.2 Å². The number of fused-ring (bicyclic) bond motifs is 1. The van der Waals surface area contributed by atoms with Gasteiger partial charge in [-0.3, -0.25) is 0 Å². The van der Waals surface area contributed by atoms with Gasteiger partial charge in [-0.2, -0.15) is 0 Å². The Morgan fingerprint density at radius 1 is 1.10 bits per heavy atom. The third-order valence-electron chi connectivity index (χ3n) is 3.29. The average Bonchev–Trinajstić information content (AvgIpc) is 2.85. The maximum atomic E-state index is 5.96. The summed E-state index contributed by atoms with van der Waals surface area (Å²) in [7, 11) is 0. The first-order valence-corrected chi connectivity index (χ1v) is 7.57. The van der Waals surface area contributed by atoms with E-state index in [0.717, 1.165) is 23.2 Å². The second kappa shape index (κ2) is 5.54. The van der Waals surface area contributed by atoms with Crippen LogP contribution in [-0.4, -0.2) is 14.9 Å². The van der Waals surface area contributed by atoms with Gasteiger partial charge in [0.25, 0.3) is 0 Å². The maximum Gasteiger partial charge on any atom is 0.210 e. The summed E-state index contributed by atoms with van der Waals surface area (Å²) in [5.74, 6) is 7.61. The van der Waals surface area contributed by atoms with Crippen molar-refractivity contribution in [1.29, 1.82) is 0 Å². The fourth-order valence-electron chi connectivity index (χ4n) is 2.21. The van der Waals surface area contributed by atoms with Gasteiger partial charge in [0.05, 0.1) is 0 Å². The van der Waals surface area contributed by atoms with Crippen molar-refractivity contribution in [2.24, 2.45) is 0 Å². The summed E-state index contributed by atoms with van der Waals surface area (Å²) in [6.07, 6.45) is 0.790. The van der Waals surface area contributed by atoms with Crippen molar-refractivity contribution in [3.05, 3.63) is 53.9 Å². The zero-order chi connectivity index (χ0) is 13.9. The minimum absolute atomic E-state index is 0.759. The summed E-state index contributed by atoms with van der Waals surface area (Å²) in [6.45, 7) is 2.02. The van der Waals surface area contributed by atoms with Crippen molar-refractivity contribution in [1.82, 2.24) is 14.9 Å². The van der Waals surface area contributed by atoms with Gasteiger partial charge < -0.3 is 5.84 Å². The number of benzene rings is 2. The van der Waals surface area contributed by atoms with Crippen LogP contribution in [0, 0.1) is 0 Å². The van der Waals surface area contributed by atoms with Gasteiger partial charge in [0.15, 0.2) is 5.82 Å². The molecule has 0 spiro atoms. The Hall–Kier alpha value is -2.01. The fraction of sp³-hybridized carbons (Fsp3) is 0.200. The molecule has 0 bridgehead atoms. The maximum absolute atomic E-state index is 5.96. The lowest BCUT2D eigenvalue weighted by molar-refractivity contribution is 0.796. The molecule has 5 heteroatoms. The number of nitrogens with zero attached hydrogens (tertiary/aromatic N) is 3. The van der Waals surface area contributed by atoms with Gasteiger partial charge >= 0.3 is 0 Å². The van der Waals surface area contributed by atoms with Crippen LogP contribution in [0.1, 0.15) is 18.3 Å². The number of rotatable bonds is 4. The number of nitrogens with two attached hydrogens (primary N) is 1. The van der Waals surface area contributed by atoms with E-state index in [4.69, 9.17) is 5.84 Å². The van der Waals surface area contributed by atoms with Crippen molar-refractivity contribution < 1.29 is 0 Å². The standard InChI is InChI=1S/C15H16N4S/c1-2-14-17-18-15(19(14)16)20-10-12-8-5-7-11-6-3-4-9-13(11)12/h3-9H,2,10,16H2,1H3. The average molecular weight is 284 g/mol. The Morgan fingerprint density at radius 3 is 2.70 bits per heavy atom. The van der Waals surface area contributed by atoms with Crippen LogP contribution in [0.25, 0.3) is 10.8 Å². The van der Waals surface area contributed by atoms with Gasteiger partial charge in [-0.15, -0.1) is 10.2 Å². The fourth-order valence-corrected chi connectivity index (χ4v) is 3.09. The number of thioether (sulfide) groups is 1. The van der Waals surface area contributed by atoms with Crippen LogP contribution in [-0.2, 0) is 12.2 Å². The molecule has 0 aliphatic heterocycles. The quantitative estimate of drug-likeness (QED) is 0.591. The first kappa shape index (κ1) is 13.0. The number of hydrogen-bond donors (Lipinski definition) is 1. The van der Waals surface area contributed by atoms with Crippen LogP contribution in [0.15, 0.2) is 47.6 Å². The summed E-state index contributed by atoms with van der Waals surface area (Å²) >= 11 is 1.62. The molecular weight excluding hydrogens is 268 g/mol. The minimum atomic E-state index is 0.759. The van der Waals surface area contributed by atoms with Crippen LogP contribution in [0.3, 0.4) is 0 Å². The molecule has 0 aliphatic rings. The summed E-state index contributed by atoms with van der Waals surface area (Å²) < 4.78 is 1.58. The van der Waals surface area contributed by atoms with Crippen molar-refractivity contribution in [3.8, 4) is 0 Å². The first-order valence-electron chi connectivity index (χ1n) is 6.58. The minimum Gasteiger partial charge on any atom is -0.336 e. The third-order valence-corrected chi connectivity index (χ3v) is 4.28. The molecule has 0 radical (unpaired) electrons. The van der Waals surface area contributed by atoms with Crippen molar-refractivity contribution in [2.45, 2.75) is 24.3 Å². The Kier molecular flexibility index (Phi) is 3.60. The Balaban J connectivity index is 1.85. The second-order valence-corrected chi connectivity index (χ2v) is 5.49. The molecule has 0 aliphatic carbocycles. The number of nitrogen functional groups attached to an aromatic ring is 1. The highest BCUT2D eigenvalue weighted by Gasteiger charge is 2.09. The van der Waals surface area contributed by atoms with E-state index in [1.165, 1.54) is 16.3 Å². The molecule has 2 aromatic carbocycles. The highest BCUT2D eigenvalue weighted by Crippen LogP contribution is 2.26. The lowest BCUT2D eigenvalue weighted by Crippen LogP contribution is -2.13. The second-order valence-electron chi connectivity index (χ2n) is 4.55. The molecule has 0 atom stereocenters. The molecule has 20 heavy (non-hydrogen) atoms. The molecule has 0 saturated heterocycles. The van der Waals surface area contributed by atoms with E-state index in [1.54, 1.807) is 16.4 Å². The van der Waals surface area contributed by atoms with Crippen molar-refractivity contribution in [3.63, 3.8) is 0 Å². The number of hydrogen-bond acceptors (Lipinski definition) is 4. The summed E-state index contributed by atoms with van der Waals surface area (Å²) in [5, 5.41) is 11.5. The zero-order valence-electron chi connectivity index (χ0n) is 11.3. The SMILES string of the molecule is CCc1nnc(SCc2cccc3ccccc23)n1N. The molecule has 102 valence electrons. The molecule has 1 aromatic heterocycles. The molecular formula is C15H16N4S. The smallest absolute Gasteiger partial charge is 0.210 e. The van der Waals surface area contributed by atoms with Crippen molar-refractivity contribution in [2.75, 3.05) is 5.84 Å². The predicted molar refractivity (Wildman–Crippen MR) is 83.1 cm³/mol. The Morgan fingerprint density at radius 2 is 1.90 bits per heavy atom. The van der Waals surface area contributed by atoms with Crippen LogP contribution < -0.4 is 5.84 Å². The van der Waals surface area contributed by atoms with Crippen LogP contribution in [0.4, 0.5) is 0 Å². The molecule has 2 N–H and O–H groups in total. The van der Waals surface area contributed by atoms with E-state index in [1.807, 2.05) is 6.92 Å². The largest absolute Gasteiger partial charge is 0.336 e. The topological polar surface area (TPSA) is 56.7 Å². The van der Waals surface area contributed by atoms with E-state index in [-0.39, 0.29) is 0 Å². The summed E-state index contributed by atoms with van der Waals surface area (Å²) in [5.41, 5.74) is 1.29. The highest BCUT2D eigenvalue weighted by atomic mass is 32.2. The molecule has 1 heterocycles. The van der Waals surface area contributed by atoms with Crippen LogP contribution >= 0.6 is 11.8 Å².